The van der Waals surface area contributed by atoms with Crippen LogP contribution >= 0.6 is 0 Å². The van der Waals surface area contributed by atoms with E-state index in [0.717, 1.165) is 4.90 Å². The summed E-state index contributed by atoms with van der Waals surface area (Å²) in [7, 11) is 0. The van der Waals surface area contributed by atoms with Crippen LogP contribution in [0.15, 0.2) is 12.2 Å². The highest BCUT2D eigenvalue weighted by atomic mass is 16.5. The molecule has 2 amide bonds. The molecule has 0 spiro atoms. The summed E-state index contributed by atoms with van der Waals surface area (Å²) in [5, 5.41) is 3.11. The van der Waals surface area contributed by atoms with Crippen LogP contribution in [0, 0.1) is 5.41 Å². The van der Waals surface area contributed by atoms with E-state index in [1.165, 1.54) is 12.2 Å². The minimum Gasteiger partial charge on any atom is -0.378 e. The van der Waals surface area contributed by atoms with E-state index < -0.39 is 11.0 Å². The first-order valence-electron chi connectivity index (χ1n) is 9.46. The molecule has 28 heavy (non-hydrogen) atoms. The summed E-state index contributed by atoms with van der Waals surface area (Å²) >= 11 is 0. The first-order valence-corrected chi connectivity index (χ1v) is 9.46. The van der Waals surface area contributed by atoms with E-state index in [0.29, 0.717) is 26.4 Å². The van der Waals surface area contributed by atoms with Crippen LogP contribution in [0.5, 0.6) is 0 Å². The quantitative estimate of drug-likeness (QED) is 0.364. The lowest BCUT2D eigenvalue weighted by Gasteiger charge is -2.26. The molecule has 0 aromatic heterocycles. The molecule has 0 saturated carbocycles. The number of carbonyl (C=O) groups is 4. The largest absolute Gasteiger partial charge is 0.378 e. The third kappa shape index (κ3) is 8.00. The van der Waals surface area contributed by atoms with Gasteiger partial charge in [-0.3, -0.25) is 24.1 Å². The summed E-state index contributed by atoms with van der Waals surface area (Å²) in [6.45, 7) is 10.7. The summed E-state index contributed by atoms with van der Waals surface area (Å²) in [4.78, 5) is 48.1. The van der Waals surface area contributed by atoms with Crippen molar-refractivity contribution < 1.29 is 28.7 Å². The highest BCUT2D eigenvalue weighted by molar-refractivity contribution is 6.13. The second kappa shape index (κ2) is 10.6. The lowest BCUT2D eigenvalue weighted by molar-refractivity contribution is -0.137. The van der Waals surface area contributed by atoms with Crippen LogP contribution in [0.2, 0.25) is 0 Å². The van der Waals surface area contributed by atoms with Crippen molar-refractivity contribution >= 4 is 23.4 Å². The number of rotatable bonds is 13. The molecule has 1 N–H and O–H groups in total. The van der Waals surface area contributed by atoms with E-state index in [-0.39, 0.29) is 43.0 Å². The second-order valence-corrected chi connectivity index (χ2v) is 8.22. The normalized spacial score (nSPS) is 14.8. The molecule has 1 aliphatic rings. The van der Waals surface area contributed by atoms with Gasteiger partial charge in [0, 0.05) is 37.1 Å². The van der Waals surface area contributed by atoms with Crippen LogP contribution in [0.1, 0.15) is 41.0 Å². The lowest BCUT2D eigenvalue weighted by Crippen LogP contribution is -2.49. The van der Waals surface area contributed by atoms with Gasteiger partial charge < -0.3 is 14.8 Å². The zero-order valence-electron chi connectivity index (χ0n) is 17.5. The number of ether oxygens (including phenoxy) is 2. The topological polar surface area (TPSA) is 102 Å². The van der Waals surface area contributed by atoms with Crippen molar-refractivity contribution in [3.63, 3.8) is 0 Å². The number of nitrogens with zero attached hydrogens (tertiary/aromatic N) is 1. The van der Waals surface area contributed by atoms with Crippen molar-refractivity contribution in [2.24, 2.45) is 5.41 Å². The third-order valence-electron chi connectivity index (χ3n) is 4.42. The Kier molecular flexibility index (Phi) is 9.13. The molecule has 0 atom stereocenters. The maximum absolute atomic E-state index is 12.4. The molecule has 0 bridgehead atoms. The molecule has 8 nitrogen and oxygen atoms in total. The first kappa shape index (κ1) is 24.1. The summed E-state index contributed by atoms with van der Waals surface area (Å²) in [5.41, 5.74) is -1.20. The first-order chi connectivity index (χ1) is 12.9. The van der Waals surface area contributed by atoms with Crippen molar-refractivity contribution in [3.05, 3.63) is 12.2 Å². The van der Waals surface area contributed by atoms with E-state index in [9.17, 15) is 19.2 Å². The number of hydrogen-bond donors (Lipinski definition) is 1. The molecule has 1 aliphatic heterocycles. The molecule has 1 rings (SSSR count). The van der Waals surface area contributed by atoms with Gasteiger partial charge in [0.1, 0.15) is 6.61 Å². The van der Waals surface area contributed by atoms with Gasteiger partial charge in [-0.25, -0.2) is 0 Å². The van der Waals surface area contributed by atoms with Gasteiger partial charge in [-0.15, -0.1) is 0 Å². The fourth-order valence-corrected chi connectivity index (χ4v) is 2.31. The Labute approximate surface area is 166 Å². The van der Waals surface area contributed by atoms with Gasteiger partial charge in [-0.1, -0.05) is 20.8 Å². The second-order valence-electron chi connectivity index (χ2n) is 8.22. The Bertz CT molecular complexity index is 601. The number of carbonyl (C=O) groups excluding carboxylic acids is 4. The fraction of sp³-hybridized carbons (Fsp3) is 0.700. The van der Waals surface area contributed by atoms with E-state index in [1.807, 2.05) is 20.8 Å². The Balaban J connectivity index is 2.14. The minimum absolute atomic E-state index is 0.0440. The summed E-state index contributed by atoms with van der Waals surface area (Å²) in [6.07, 6.45) is 2.50. The van der Waals surface area contributed by atoms with Gasteiger partial charge in [0.05, 0.1) is 25.4 Å². The maximum atomic E-state index is 12.4. The minimum atomic E-state index is -0.793. The van der Waals surface area contributed by atoms with E-state index in [1.54, 1.807) is 13.8 Å². The number of Topliss-reactive ketones (excluding diaryl/α,β-unsaturated/α-hetero) is 2. The smallest absolute Gasteiger partial charge is 0.253 e. The van der Waals surface area contributed by atoms with Gasteiger partial charge in [-0.05, 0) is 13.8 Å². The highest BCUT2D eigenvalue weighted by Gasteiger charge is 2.29. The zero-order valence-corrected chi connectivity index (χ0v) is 17.5. The summed E-state index contributed by atoms with van der Waals surface area (Å²) in [5.74, 6) is -0.821. The van der Waals surface area contributed by atoms with Crippen LogP contribution in [0.4, 0.5) is 0 Å². The molecule has 0 fully saturated rings. The molecular formula is C20H32N2O6. The van der Waals surface area contributed by atoms with Gasteiger partial charge in [0.25, 0.3) is 11.8 Å². The standard InChI is InChI=1S/C20H32N2O6/c1-19(2,3)16(24)14-28-13-12-27-11-9-21-20(4,5)15(23)8-10-22-17(25)6-7-18(22)26/h6-7,21H,8-14H2,1-5H3. The average Bonchev–Trinajstić information content (AvgIpc) is 2.92. The number of amides is 2. The Hall–Kier alpha value is -1.90. The van der Waals surface area contributed by atoms with E-state index >= 15 is 0 Å². The van der Waals surface area contributed by atoms with Crippen LogP contribution in [0.25, 0.3) is 0 Å². The van der Waals surface area contributed by atoms with Gasteiger partial charge in [-0.2, -0.15) is 0 Å². The molecule has 0 unspecified atom stereocenters. The molecular weight excluding hydrogens is 364 g/mol. The highest BCUT2D eigenvalue weighted by Crippen LogP contribution is 2.14. The van der Waals surface area contributed by atoms with Crippen LogP contribution in [0.3, 0.4) is 0 Å². The van der Waals surface area contributed by atoms with Crippen LogP contribution < -0.4 is 5.32 Å². The van der Waals surface area contributed by atoms with Crippen molar-refractivity contribution in [1.29, 1.82) is 0 Å². The maximum Gasteiger partial charge on any atom is 0.253 e. The molecule has 0 aromatic rings. The molecule has 0 radical (unpaired) electrons. The van der Waals surface area contributed by atoms with Crippen molar-refractivity contribution in [2.75, 3.05) is 39.5 Å². The SMILES string of the molecule is CC(C)(C)C(=O)COCCOCCNC(C)(C)C(=O)CCN1C(=O)C=CC1=O. The monoisotopic (exact) mass is 396 g/mol. The van der Waals surface area contributed by atoms with Crippen LogP contribution in [-0.2, 0) is 28.7 Å². The fourth-order valence-electron chi connectivity index (χ4n) is 2.31. The Morgan fingerprint density at radius 1 is 0.929 bits per heavy atom. The lowest BCUT2D eigenvalue weighted by atomic mass is 9.91. The predicted molar refractivity (Wildman–Crippen MR) is 104 cm³/mol. The molecule has 158 valence electrons. The predicted octanol–water partition coefficient (Wildman–Crippen LogP) is 0.887. The summed E-state index contributed by atoms with van der Waals surface area (Å²) in [6, 6.07) is 0. The molecule has 1 heterocycles. The Morgan fingerprint density at radius 3 is 2.07 bits per heavy atom. The average molecular weight is 396 g/mol. The number of ketones is 2. The van der Waals surface area contributed by atoms with Gasteiger partial charge in [0.2, 0.25) is 0 Å². The molecule has 0 aromatic carbocycles. The number of hydrogen-bond acceptors (Lipinski definition) is 7. The van der Waals surface area contributed by atoms with Gasteiger partial charge in [0.15, 0.2) is 11.6 Å². The zero-order chi connectivity index (χ0) is 21.4. The van der Waals surface area contributed by atoms with Crippen molar-refractivity contribution in [1.82, 2.24) is 10.2 Å². The molecule has 0 aliphatic carbocycles. The summed E-state index contributed by atoms with van der Waals surface area (Å²) < 4.78 is 10.7. The number of imide groups is 1. The van der Waals surface area contributed by atoms with Crippen LogP contribution in [-0.4, -0.2) is 73.3 Å². The Morgan fingerprint density at radius 2 is 1.50 bits per heavy atom. The third-order valence-corrected chi connectivity index (χ3v) is 4.42. The van der Waals surface area contributed by atoms with Crippen molar-refractivity contribution in [2.45, 2.75) is 46.6 Å². The molecule has 8 heteroatoms. The molecule has 0 saturated heterocycles. The number of nitrogens with one attached hydrogen (secondary N) is 1. The van der Waals surface area contributed by atoms with Gasteiger partial charge >= 0.3 is 0 Å². The van der Waals surface area contributed by atoms with E-state index in [2.05, 4.69) is 5.32 Å². The van der Waals surface area contributed by atoms with Crippen molar-refractivity contribution in [3.8, 4) is 0 Å². The van der Waals surface area contributed by atoms with E-state index in [4.69, 9.17) is 9.47 Å².